The molecule has 2 amide bonds. The summed E-state index contributed by atoms with van der Waals surface area (Å²) in [5.74, 6) is 0. The van der Waals surface area contributed by atoms with Crippen LogP contribution in [0, 0.1) is 0 Å². The van der Waals surface area contributed by atoms with Crippen LogP contribution in [0.25, 0.3) is 0 Å². The fourth-order valence-electron chi connectivity index (χ4n) is 1.36. The van der Waals surface area contributed by atoms with Crippen molar-refractivity contribution in [2.24, 2.45) is 0 Å². The second-order valence-corrected chi connectivity index (χ2v) is 3.71. The molecule has 0 spiro atoms. The summed E-state index contributed by atoms with van der Waals surface area (Å²) in [6, 6.07) is 9.79. The highest BCUT2D eigenvalue weighted by molar-refractivity contribution is 5.73. The van der Waals surface area contributed by atoms with Crippen molar-refractivity contribution in [1.29, 1.82) is 0 Å². The standard InChI is InChI=1S/C13H20N2O3/c1-17-9-10-18-11-15-13(16)14-8-7-12-5-3-2-4-6-12/h2-6H,7-11H2,1H3,(H2,14,15,16). The van der Waals surface area contributed by atoms with Crippen molar-refractivity contribution in [3.8, 4) is 0 Å². The second-order valence-electron chi connectivity index (χ2n) is 3.71. The van der Waals surface area contributed by atoms with E-state index in [9.17, 15) is 4.79 Å². The van der Waals surface area contributed by atoms with Gasteiger partial charge in [-0.15, -0.1) is 0 Å². The van der Waals surface area contributed by atoms with E-state index in [2.05, 4.69) is 10.6 Å². The lowest BCUT2D eigenvalue weighted by atomic mass is 10.1. The molecule has 5 nitrogen and oxygen atoms in total. The Morgan fingerprint density at radius 1 is 1.17 bits per heavy atom. The minimum absolute atomic E-state index is 0.195. The van der Waals surface area contributed by atoms with Gasteiger partial charge < -0.3 is 20.1 Å². The van der Waals surface area contributed by atoms with E-state index in [4.69, 9.17) is 9.47 Å². The van der Waals surface area contributed by atoms with Crippen LogP contribution in [-0.4, -0.2) is 39.6 Å². The zero-order valence-corrected chi connectivity index (χ0v) is 10.6. The predicted octanol–water partition coefficient (Wildman–Crippen LogP) is 1.15. The molecule has 0 radical (unpaired) electrons. The summed E-state index contributed by atoms with van der Waals surface area (Å²) in [6.07, 6.45) is 0.818. The lowest BCUT2D eigenvalue weighted by Crippen LogP contribution is -2.38. The van der Waals surface area contributed by atoms with Crippen molar-refractivity contribution in [2.75, 3.05) is 33.6 Å². The minimum atomic E-state index is -0.219. The smallest absolute Gasteiger partial charge is 0.316 e. The molecule has 2 N–H and O–H groups in total. The highest BCUT2D eigenvalue weighted by Crippen LogP contribution is 1.97. The van der Waals surface area contributed by atoms with E-state index in [1.807, 2.05) is 30.3 Å². The molecule has 5 heteroatoms. The molecule has 1 aromatic rings. The van der Waals surface area contributed by atoms with Gasteiger partial charge >= 0.3 is 6.03 Å². The third kappa shape index (κ3) is 6.88. The van der Waals surface area contributed by atoms with E-state index in [0.717, 1.165) is 6.42 Å². The number of hydrogen-bond acceptors (Lipinski definition) is 3. The van der Waals surface area contributed by atoms with Crippen molar-refractivity contribution in [3.63, 3.8) is 0 Å². The van der Waals surface area contributed by atoms with Gasteiger partial charge in [0.05, 0.1) is 13.2 Å². The first-order valence-corrected chi connectivity index (χ1v) is 5.95. The van der Waals surface area contributed by atoms with Crippen molar-refractivity contribution >= 4 is 6.03 Å². The number of hydrogen-bond donors (Lipinski definition) is 2. The van der Waals surface area contributed by atoms with Crippen LogP contribution in [0.4, 0.5) is 4.79 Å². The van der Waals surface area contributed by atoms with Gasteiger partial charge in [0.2, 0.25) is 0 Å². The minimum Gasteiger partial charge on any atom is -0.382 e. The van der Waals surface area contributed by atoms with Gasteiger partial charge in [-0.05, 0) is 12.0 Å². The first-order valence-electron chi connectivity index (χ1n) is 5.95. The monoisotopic (exact) mass is 252 g/mol. The van der Waals surface area contributed by atoms with Crippen molar-refractivity contribution in [2.45, 2.75) is 6.42 Å². The van der Waals surface area contributed by atoms with Gasteiger partial charge in [-0.2, -0.15) is 0 Å². The maximum absolute atomic E-state index is 11.3. The number of amides is 2. The Balaban J connectivity index is 2.00. The van der Waals surface area contributed by atoms with Crippen LogP contribution in [0.3, 0.4) is 0 Å². The summed E-state index contributed by atoms with van der Waals surface area (Å²) in [6.45, 7) is 1.80. The molecular weight excluding hydrogens is 232 g/mol. The zero-order chi connectivity index (χ0) is 13.1. The van der Waals surface area contributed by atoms with Gasteiger partial charge in [0.25, 0.3) is 0 Å². The number of methoxy groups -OCH3 is 1. The maximum Gasteiger partial charge on any atom is 0.316 e. The topological polar surface area (TPSA) is 59.6 Å². The van der Waals surface area contributed by atoms with Gasteiger partial charge in [-0.3, -0.25) is 0 Å². The Bertz CT molecular complexity index is 330. The molecule has 0 aliphatic carbocycles. The molecule has 0 aromatic heterocycles. The number of carbonyl (C=O) groups excluding carboxylic acids is 1. The van der Waals surface area contributed by atoms with Gasteiger partial charge in [0.1, 0.15) is 6.73 Å². The van der Waals surface area contributed by atoms with Gasteiger partial charge in [0, 0.05) is 13.7 Å². The third-order valence-corrected chi connectivity index (χ3v) is 2.31. The summed E-state index contributed by atoms with van der Waals surface area (Å²) in [4.78, 5) is 11.3. The van der Waals surface area contributed by atoms with Crippen LogP contribution >= 0.6 is 0 Å². The van der Waals surface area contributed by atoms with E-state index in [-0.39, 0.29) is 12.8 Å². The Morgan fingerprint density at radius 3 is 2.67 bits per heavy atom. The quantitative estimate of drug-likeness (QED) is 0.539. The molecule has 0 heterocycles. The molecule has 0 fully saturated rings. The normalized spacial score (nSPS) is 10.1. The second kappa shape index (κ2) is 9.44. The average Bonchev–Trinajstić information content (AvgIpc) is 2.40. The molecule has 0 aliphatic rings. The van der Waals surface area contributed by atoms with Crippen molar-refractivity contribution in [3.05, 3.63) is 35.9 Å². The molecule has 1 aromatic carbocycles. The molecule has 1 rings (SSSR count). The zero-order valence-electron chi connectivity index (χ0n) is 10.6. The number of benzene rings is 1. The highest BCUT2D eigenvalue weighted by Gasteiger charge is 1.98. The SMILES string of the molecule is COCCOCNC(=O)NCCc1ccccc1. The van der Waals surface area contributed by atoms with Crippen LogP contribution in [0.1, 0.15) is 5.56 Å². The molecule has 18 heavy (non-hydrogen) atoms. The molecular formula is C13H20N2O3. The Labute approximate surface area is 107 Å². The van der Waals surface area contributed by atoms with E-state index >= 15 is 0 Å². The summed E-state index contributed by atoms with van der Waals surface area (Å²) in [7, 11) is 1.60. The molecule has 0 bridgehead atoms. The number of urea groups is 1. The first kappa shape index (κ1) is 14.5. The number of carbonyl (C=O) groups is 1. The lowest BCUT2D eigenvalue weighted by Gasteiger charge is -2.08. The molecule has 0 unspecified atom stereocenters. The lowest BCUT2D eigenvalue weighted by molar-refractivity contribution is 0.0643. The van der Waals surface area contributed by atoms with Gasteiger partial charge in [-0.25, -0.2) is 4.79 Å². The average molecular weight is 252 g/mol. The highest BCUT2D eigenvalue weighted by atomic mass is 16.5. The van der Waals surface area contributed by atoms with Crippen LogP contribution in [0.15, 0.2) is 30.3 Å². The van der Waals surface area contributed by atoms with E-state index < -0.39 is 0 Å². The maximum atomic E-state index is 11.3. The van der Waals surface area contributed by atoms with Crippen molar-refractivity contribution in [1.82, 2.24) is 10.6 Å². The molecule has 0 aliphatic heterocycles. The van der Waals surface area contributed by atoms with Crippen molar-refractivity contribution < 1.29 is 14.3 Å². The van der Waals surface area contributed by atoms with E-state index in [1.165, 1.54) is 5.56 Å². The number of rotatable bonds is 8. The van der Waals surface area contributed by atoms with Crippen LogP contribution in [0.2, 0.25) is 0 Å². The van der Waals surface area contributed by atoms with E-state index in [0.29, 0.717) is 19.8 Å². The van der Waals surface area contributed by atoms with Crippen LogP contribution < -0.4 is 10.6 Å². The molecule has 0 saturated carbocycles. The van der Waals surface area contributed by atoms with Gasteiger partial charge in [-0.1, -0.05) is 30.3 Å². The van der Waals surface area contributed by atoms with Crippen LogP contribution in [0.5, 0.6) is 0 Å². The largest absolute Gasteiger partial charge is 0.382 e. The van der Waals surface area contributed by atoms with Gasteiger partial charge in [0.15, 0.2) is 0 Å². The number of nitrogens with one attached hydrogen (secondary N) is 2. The third-order valence-electron chi connectivity index (χ3n) is 2.31. The fraction of sp³-hybridized carbons (Fsp3) is 0.462. The summed E-state index contributed by atoms with van der Waals surface area (Å²) < 4.78 is 9.92. The molecule has 100 valence electrons. The Kier molecular flexibility index (Phi) is 7.59. The predicted molar refractivity (Wildman–Crippen MR) is 69.4 cm³/mol. The number of ether oxygens (including phenoxy) is 2. The molecule has 0 atom stereocenters. The Morgan fingerprint density at radius 2 is 1.94 bits per heavy atom. The summed E-state index contributed by atoms with van der Waals surface area (Å²) >= 11 is 0. The summed E-state index contributed by atoms with van der Waals surface area (Å²) in [5, 5.41) is 5.36. The van der Waals surface area contributed by atoms with E-state index in [1.54, 1.807) is 7.11 Å². The van der Waals surface area contributed by atoms with Crippen LogP contribution in [-0.2, 0) is 15.9 Å². The summed E-state index contributed by atoms with van der Waals surface area (Å²) in [5.41, 5.74) is 1.20. The fourth-order valence-corrected chi connectivity index (χ4v) is 1.36. The molecule has 0 saturated heterocycles. The Hall–Kier alpha value is -1.59. The first-order chi connectivity index (χ1) is 8.83.